The molecule has 6 atom stereocenters. The molecule has 0 aliphatic rings. The zero-order chi connectivity index (χ0) is 48.8. The predicted octanol–water partition coefficient (Wildman–Crippen LogP) is -5.33. The number of carboxylic acids is 1. The molecule has 31 nitrogen and oxygen atoms in total. The smallest absolute Gasteiger partial charge is 0.469 e. The second-order valence-electron chi connectivity index (χ2n) is 13.2. The van der Waals surface area contributed by atoms with Gasteiger partial charge in [0.25, 0.3) is 0 Å². The highest BCUT2D eigenvalue weighted by molar-refractivity contribution is 7.50. The summed E-state index contributed by atoms with van der Waals surface area (Å²) in [6, 6.07) is -1.70. The number of hydrogen-bond acceptors (Lipinski definition) is 15. The molecule has 17 N–H and O–H groups in total. The number of nitrogens with zero attached hydrogens (tertiary/aromatic N) is 2. The van der Waals surface area contributed by atoms with E-state index in [-0.39, 0.29) is 12.1 Å². The highest BCUT2D eigenvalue weighted by Crippen LogP contribution is 2.38. The van der Waals surface area contributed by atoms with Crippen LogP contribution in [0.5, 0.6) is 0 Å². The molecule has 0 fully saturated rings. The summed E-state index contributed by atoms with van der Waals surface area (Å²) in [4.78, 5) is 168. The lowest BCUT2D eigenvalue weighted by Crippen LogP contribution is -2.59. The third-order valence-corrected chi connectivity index (χ3v) is 10.4. The second-order valence-corrected chi connectivity index (χ2v) is 18.5. The number of phosphoric ester groups is 2. The van der Waals surface area contributed by atoms with Gasteiger partial charge in [0, 0.05) is 25.5 Å². The van der Waals surface area contributed by atoms with Gasteiger partial charge in [-0.15, -0.1) is 0 Å². The molecule has 0 aliphatic heterocycles. The van der Waals surface area contributed by atoms with E-state index in [1.54, 1.807) is 18.2 Å². The quantitative estimate of drug-likeness (QED) is 0.0391. The summed E-state index contributed by atoms with van der Waals surface area (Å²) in [5, 5.41) is 21.1. The number of nitrogens with two attached hydrogens (primary N) is 1. The first-order chi connectivity index (χ1) is 29.3. The van der Waals surface area contributed by atoms with E-state index in [9.17, 15) is 86.3 Å². The van der Waals surface area contributed by atoms with Gasteiger partial charge in [0.1, 0.15) is 30.5 Å². The molecule has 35 heteroatoms. The molecule has 64 heavy (non-hydrogen) atoms. The lowest BCUT2D eigenvalue weighted by Gasteiger charge is -2.26. The summed E-state index contributed by atoms with van der Waals surface area (Å²) in [6.07, 6.45) is -2.94. The van der Waals surface area contributed by atoms with Crippen molar-refractivity contribution in [1.29, 1.82) is 0 Å². The van der Waals surface area contributed by atoms with E-state index in [0.717, 1.165) is 19.4 Å². The van der Waals surface area contributed by atoms with Crippen molar-refractivity contribution in [2.45, 2.75) is 68.9 Å². The van der Waals surface area contributed by atoms with Crippen molar-refractivity contribution in [2.24, 2.45) is 5.73 Å². The minimum Gasteiger partial charge on any atom is -0.480 e. The summed E-state index contributed by atoms with van der Waals surface area (Å²) in [6.45, 7) is -1.57. The molecular weight excluding hydrogens is 950 g/mol. The molecular formula is C29H45N9O22P4. The van der Waals surface area contributed by atoms with Crippen LogP contribution >= 0.6 is 31.1 Å². The number of hydrogen-bond donors (Lipinski definition) is 16. The number of carbonyl (C=O) groups is 7. The first-order valence-electron chi connectivity index (χ1n) is 17.7. The minimum absolute atomic E-state index is 0.143. The maximum atomic E-state index is 13.4. The number of benzene rings is 1. The van der Waals surface area contributed by atoms with Crippen molar-refractivity contribution >= 4 is 72.6 Å². The summed E-state index contributed by atoms with van der Waals surface area (Å²) < 4.78 is 55.0. The van der Waals surface area contributed by atoms with Crippen LogP contribution in [0.4, 0.5) is 0 Å². The first-order valence-corrected chi connectivity index (χ1v) is 24.0. The third-order valence-electron chi connectivity index (χ3n) is 7.99. The third kappa shape index (κ3) is 21.3. The maximum absolute atomic E-state index is 13.4. The Kier molecular flexibility index (Phi) is 20.7. The van der Waals surface area contributed by atoms with Gasteiger partial charge in [-0.3, -0.25) is 42.9 Å². The molecule has 0 unspecified atom stereocenters. The van der Waals surface area contributed by atoms with Gasteiger partial charge in [-0.25, -0.2) is 32.4 Å². The van der Waals surface area contributed by atoms with Crippen molar-refractivity contribution in [3.8, 4) is 0 Å². The van der Waals surface area contributed by atoms with Gasteiger partial charge >= 0.3 is 37.1 Å². The lowest BCUT2D eigenvalue weighted by atomic mass is 10.0. The summed E-state index contributed by atoms with van der Waals surface area (Å²) in [7, 11) is -20.8. The molecule has 0 bridgehead atoms. The van der Waals surface area contributed by atoms with Crippen LogP contribution in [0.2, 0.25) is 0 Å². The van der Waals surface area contributed by atoms with Crippen molar-refractivity contribution in [1.82, 2.24) is 41.0 Å². The number of amides is 6. The Morgan fingerprint density at radius 3 is 1.88 bits per heavy atom. The predicted molar refractivity (Wildman–Crippen MR) is 210 cm³/mol. The maximum Gasteiger partial charge on any atom is 0.469 e. The fraction of sp³-hybridized carbons (Fsp3) is 0.448. The number of phosphoric acid groups is 2. The second kappa shape index (κ2) is 23.9. The first kappa shape index (κ1) is 55.3. The highest BCUT2D eigenvalue weighted by atomic mass is 31.2. The van der Waals surface area contributed by atoms with E-state index >= 15 is 0 Å². The minimum atomic E-state index is -5.39. The van der Waals surface area contributed by atoms with Gasteiger partial charge in [-0.1, -0.05) is 30.3 Å². The van der Waals surface area contributed by atoms with Crippen molar-refractivity contribution in [3.05, 3.63) is 54.1 Å². The zero-order valence-corrected chi connectivity index (χ0v) is 36.4. The number of nitrogens with one attached hydrogen (secondary N) is 6. The Morgan fingerprint density at radius 1 is 0.750 bits per heavy atom. The van der Waals surface area contributed by atoms with Crippen LogP contribution in [0.15, 0.2) is 42.9 Å². The van der Waals surface area contributed by atoms with Gasteiger partial charge in [-0.05, 0) is 18.9 Å². The Labute approximate surface area is 360 Å². The van der Waals surface area contributed by atoms with E-state index in [1.165, 1.54) is 17.2 Å². The Morgan fingerprint density at radius 2 is 1.34 bits per heavy atom. The lowest BCUT2D eigenvalue weighted by molar-refractivity contribution is -0.142. The molecule has 2 aromatic rings. The highest BCUT2D eigenvalue weighted by Gasteiger charge is 2.36. The fourth-order valence-corrected chi connectivity index (χ4v) is 6.89. The number of aliphatic carboxylic acids is 1. The zero-order valence-electron chi connectivity index (χ0n) is 32.8. The van der Waals surface area contributed by atoms with Crippen LogP contribution in [0.1, 0.15) is 31.0 Å². The Hall–Kier alpha value is -4.80. The van der Waals surface area contributed by atoms with Gasteiger partial charge in [0.15, 0.2) is 0 Å². The molecule has 0 saturated carbocycles. The van der Waals surface area contributed by atoms with Gasteiger partial charge < -0.3 is 76.6 Å². The monoisotopic (exact) mass is 995 g/mol. The van der Waals surface area contributed by atoms with Crippen LogP contribution in [-0.2, 0) is 73.7 Å². The van der Waals surface area contributed by atoms with E-state index < -0.39 is 141 Å². The average molecular weight is 996 g/mol. The van der Waals surface area contributed by atoms with Gasteiger partial charge in [-0.2, -0.15) is 0 Å². The van der Waals surface area contributed by atoms with Crippen LogP contribution in [0, 0.1) is 0 Å². The van der Waals surface area contributed by atoms with Gasteiger partial charge in [0.05, 0.1) is 31.0 Å². The molecule has 1 heterocycles. The topological polar surface area (TPSA) is 504 Å². The van der Waals surface area contributed by atoms with Crippen LogP contribution in [0.25, 0.3) is 0 Å². The van der Waals surface area contributed by atoms with E-state index in [0.29, 0.717) is 9.90 Å². The van der Waals surface area contributed by atoms with E-state index in [4.69, 9.17) is 15.5 Å². The van der Waals surface area contributed by atoms with Crippen molar-refractivity contribution in [2.75, 3.05) is 13.2 Å². The Bertz CT molecular complexity index is 2190. The molecule has 358 valence electrons. The molecule has 0 saturated heterocycles. The van der Waals surface area contributed by atoms with Crippen LogP contribution in [0.3, 0.4) is 0 Å². The molecule has 0 radical (unpaired) electrons. The fourth-order valence-electron chi connectivity index (χ4n) is 5.09. The van der Waals surface area contributed by atoms with Crippen molar-refractivity contribution < 1.29 is 105 Å². The molecule has 1 aromatic carbocycles. The molecule has 6 amide bonds. The van der Waals surface area contributed by atoms with Crippen LogP contribution in [-0.4, -0.2) is 144 Å². The van der Waals surface area contributed by atoms with Gasteiger partial charge in [0.2, 0.25) is 35.4 Å². The molecule has 0 aliphatic carbocycles. The number of aromatic nitrogens is 2. The van der Waals surface area contributed by atoms with Crippen LogP contribution < -0.4 is 37.4 Å². The summed E-state index contributed by atoms with van der Waals surface area (Å²) in [5.41, 5.74) is 6.13. The van der Waals surface area contributed by atoms with E-state index in [1.807, 2.05) is 21.3 Å². The van der Waals surface area contributed by atoms with Crippen molar-refractivity contribution in [3.63, 3.8) is 0 Å². The summed E-state index contributed by atoms with van der Waals surface area (Å²) in [5.74, 6) is -9.74. The largest absolute Gasteiger partial charge is 0.480 e. The normalized spacial score (nSPS) is 15.0. The van der Waals surface area contributed by atoms with E-state index in [2.05, 4.69) is 19.3 Å². The number of carbonyl (C=O) groups excluding carboxylic acids is 6. The molecule has 1 aromatic heterocycles. The SMILES string of the molecule is C[C@@H](OP(=O)(O)O)[C@H](NC(=O)CNC(=O)[C@H](CCC(=O)NP(=O)(O)O)NC(=O)[C@H](COP(=O)(O)O)NC(=O)[C@@H](N)Cc1cn(P(=O)(O)O)cn1)C(=O)N[C@@H](Cc1ccccc1)C(=O)O. The average Bonchev–Trinajstić information content (AvgIpc) is 3.63. The molecule has 0 spiro atoms. The summed E-state index contributed by atoms with van der Waals surface area (Å²) >= 11 is 0. The molecule has 2 rings (SSSR count). The number of rotatable bonds is 26. The number of imidazole rings is 1. The Balaban J connectivity index is 2.32. The standard InChI is InChI=1S/C29H45N9O22P4/c1-15(60-64(56,57)58)24(28(44)34-20(29(45)46)9-16-5-3-2-4-6-16)36-23(40)11-31-26(42)19(7-8-22(39)37-61(47,48)49)33-27(43)21(13-59-63(53,54)55)35-25(41)18(30)10-17-12-38(14-32-17)62(50,51)52/h2-6,12,14-15,18-21,24H,7-11,13,30H2,1H3,(H,31,42)(H,33,43)(H,34,44)(H,35,41)(H,36,40)(H,45,46)(H2,50,51,52)(H2,53,54,55)(H2,56,57,58)(H3,37,39,47,48,49)/t15-,18+,19+,20+,21+,24+/m1/s1. The number of carboxylic acid groups (broad SMARTS) is 1.